The van der Waals surface area contributed by atoms with Crippen LogP contribution in [0.3, 0.4) is 0 Å². The number of hydrogen-bond acceptors (Lipinski definition) is 4. The van der Waals surface area contributed by atoms with Crippen LogP contribution in [0.2, 0.25) is 0 Å². The normalized spacial score (nSPS) is 18.6. The van der Waals surface area contributed by atoms with E-state index in [9.17, 15) is 0 Å². The average molecular weight is 430 g/mol. The Morgan fingerprint density at radius 1 is 1.00 bits per heavy atom. The predicted molar refractivity (Wildman–Crippen MR) is 128 cm³/mol. The molecule has 0 radical (unpaired) electrons. The average Bonchev–Trinajstić information content (AvgIpc) is 3.20. The minimum atomic E-state index is -0.0301. The molecule has 1 fully saturated rings. The number of methoxy groups -OCH3 is 1. The van der Waals surface area contributed by atoms with Crippen LogP contribution in [0.25, 0.3) is 0 Å². The van der Waals surface area contributed by atoms with E-state index in [1.807, 2.05) is 24.3 Å². The van der Waals surface area contributed by atoms with Gasteiger partial charge in [-0.2, -0.15) is 0 Å². The van der Waals surface area contributed by atoms with Crippen LogP contribution in [0.4, 0.5) is 0 Å². The summed E-state index contributed by atoms with van der Waals surface area (Å²) in [5.74, 6) is 1.47. The fraction of sp³-hybridized carbons (Fsp3) is 0.286. The maximum atomic E-state index is 6.30. The van der Waals surface area contributed by atoms with Crippen molar-refractivity contribution >= 4 is 0 Å². The molecule has 1 aliphatic heterocycles. The summed E-state index contributed by atoms with van der Waals surface area (Å²) < 4.78 is 18.0. The van der Waals surface area contributed by atoms with E-state index >= 15 is 0 Å². The van der Waals surface area contributed by atoms with Crippen LogP contribution >= 0.6 is 0 Å². The highest BCUT2D eigenvalue weighted by Gasteiger charge is 2.36. The van der Waals surface area contributed by atoms with Crippen molar-refractivity contribution in [2.75, 3.05) is 20.3 Å². The zero-order valence-electron chi connectivity index (χ0n) is 18.8. The fourth-order valence-corrected chi connectivity index (χ4v) is 4.34. The van der Waals surface area contributed by atoms with Crippen LogP contribution in [-0.4, -0.2) is 37.5 Å². The Bertz CT molecular complexity index is 966. The summed E-state index contributed by atoms with van der Waals surface area (Å²) in [6.07, 6.45) is 2.63. The van der Waals surface area contributed by atoms with Gasteiger partial charge in [-0.15, -0.1) is 6.58 Å². The van der Waals surface area contributed by atoms with Gasteiger partial charge in [0.25, 0.3) is 0 Å². The van der Waals surface area contributed by atoms with Crippen molar-refractivity contribution in [3.63, 3.8) is 0 Å². The van der Waals surface area contributed by atoms with Crippen molar-refractivity contribution in [1.82, 2.24) is 4.90 Å². The van der Waals surface area contributed by atoms with Gasteiger partial charge in [-0.1, -0.05) is 72.8 Å². The molecule has 0 N–H and O–H groups in total. The first-order chi connectivity index (χ1) is 15.7. The molecule has 0 aromatic heterocycles. The molecular weight excluding hydrogens is 398 g/mol. The first-order valence-corrected chi connectivity index (χ1v) is 11.1. The van der Waals surface area contributed by atoms with Gasteiger partial charge in [0.2, 0.25) is 0 Å². The van der Waals surface area contributed by atoms with E-state index in [4.69, 9.17) is 14.2 Å². The molecule has 2 atom stereocenters. The SMILES string of the molecule is C=CCc1ccc(OCC2CN(C(c3ccccc3)c3ccccc3)C(C)O2)c(OC)c1. The van der Waals surface area contributed by atoms with E-state index in [0.29, 0.717) is 6.61 Å². The van der Waals surface area contributed by atoms with Crippen molar-refractivity contribution in [3.05, 3.63) is 108 Å². The minimum absolute atomic E-state index is 0.0223. The van der Waals surface area contributed by atoms with Crippen molar-refractivity contribution in [1.29, 1.82) is 0 Å². The van der Waals surface area contributed by atoms with Crippen LogP contribution in [-0.2, 0) is 11.2 Å². The van der Waals surface area contributed by atoms with Crippen LogP contribution in [0, 0.1) is 0 Å². The zero-order valence-corrected chi connectivity index (χ0v) is 18.8. The summed E-state index contributed by atoms with van der Waals surface area (Å²) in [6, 6.07) is 27.4. The minimum Gasteiger partial charge on any atom is -0.493 e. The summed E-state index contributed by atoms with van der Waals surface area (Å²) in [5.41, 5.74) is 3.67. The molecule has 0 saturated carbocycles. The van der Waals surface area contributed by atoms with Gasteiger partial charge in [0.05, 0.1) is 13.2 Å². The monoisotopic (exact) mass is 429 g/mol. The highest BCUT2D eigenvalue weighted by molar-refractivity contribution is 5.43. The maximum Gasteiger partial charge on any atom is 0.161 e. The van der Waals surface area contributed by atoms with Crippen LogP contribution in [0.5, 0.6) is 11.5 Å². The maximum absolute atomic E-state index is 6.30. The van der Waals surface area contributed by atoms with Crippen molar-refractivity contribution in [2.24, 2.45) is 0 Å². The standard InChI is InChI=1S/C28H31NO3/c1-4-11-22-16-17-26(27(18-22)30-3)31-20-25-19-29(21(2)32-25)28(23-12-7-5-8-13-23)24-14-9-6-10-15-24/h4-10,12-18,21,25,28H,1,11,19-20H2,2-3H3. The number of hydrogen-bond donors (Lipinski definition) is 0. The quantitative estimate of drug-likeness (QED) is 0.412. The Kier molecular flexibility index (Phi) is 7.25. The molecule has 2 unspecified atom stereocenters. The molecule has 1 aliphatic rings. The van der Waals surface area contributed by atoms with Gasteiger partial charge < -0.3 is 14.2 Å². The molecule has 166 valence electrons. The van der Waals surface area contributed by atoms with Gasteiger partial charge in [-0.25, -0.2) is 0 Å². The Morgan fingerprint density at radius 3 is 2.25 bits per heavy atom. The van der Waals surface area contributed by atoms with E-state index < -0.39 is 0 Å². The van der Waals surface area contributed by atoms with Crippen molar-refractivity contribution < 1.29 is 14.2 Å². The largest absolute Gasteiger partial charge is 0.493 e. The first-order valence-electron chi connectivity index (χ1n) is 11.1. The molecule has 0 amide bonds. The van der Waals surface area contributed by atoms with Crippen LogP contribution in [0.15, 0.2) is 91.5 Å². The molecule has 4 nitrogen and oxygen atoms in total. The lowest BCUT2D eigenvalue weighted by atomic mass is 9.97. The predicted octanol–water partition coefficient (Wildman–Crippen LogP) is 5.64. The highest BCUT2D eigenvalue weighted by Crippen LogP contribution is 2.35. The molecule has 32 heavy (non-hydrogen) atoms. The van der Waals surface area contributed by atoms with E-state index in [-0.39, 0.29) is 18.4 Å². The van der Waals surface area contributed by atoms with Gasteiger partial charge in [0.1, 0.15) is 18.9 Å². The van der Waals surface area contributed by atoms with E-state index in [0.717, 1.165) is 30.0 Å². The van der Waals surface area contributed by atoms with Gasteiger partial charge in [-0.05, 0) is 42.2 Å². The summed E-state index contributed by atoms with van der Waals surface area (Å²) in [5, 5.41) is 0. The second-order valence-corrected chi connectivity index (χ2v) is 8.07. The lowest BCUT2D eigenvalue weighted by molar-refractivity contribution is -0.00953. The molecule has 4 heteroatoms. The molecule has 0 aliphatic carbocycles. The van der Waals surface area contributed by atoms with Gasteiger partial charge in [0, 0.05) is 6.54 Å². The van der Waals surface area contributed by atoms with Gasteiger partial charge in [-0.3, -0.25) is 4.90 Å². The summed E-state index contributed by atoms with van der Waals surface area (Å²) in [4.78, 5) is 2.41. The zero-order chi connectivity index (χ0) is 22.3. The third-order valence-corrected chi connectivity index (χ3v) is 5.87. The third-order valence-electron chi connectivity index (χ3n) is 5.87. The van der Waals surface area contributed by atoms with Crippen molar-refractivity contribution in [3.8, 4) is 11.5 Å². The number of nitrogens with zero attached hydrogens (tertiary/aromatic N) is 1. The van der Waals surface area contributed by atoms with Gasteiger partial charge >= 0.3 is 0 Å². The lowest BCUT2D eigenvalue weighted by Gasteiger charge is -2.30. The third kappa shape index (κ3) is 5.04. The Labute approximate surface area is 191 Å². The summed E-state index contributed by atoms with van der Waals surface area (Å²) >= 11 is 0. The first kappa shape index (κ1) is 22.1. The molecule has 1 heterocycles. The smallest absolute Gasteiger partial charge is 0.161 e. The molecule has 4 rings (SSSR count). The van der Waals surface area contributed by atoms with E-state index in [2.05, 4.69) is 79.1 Å². The summed E-state index contributed by atoms with van der Waals surface area (Å²) in [7, 11) is 1.67. The molecule has 0 bridgehead atoms. The Morgan fingerprint density at radius 2 is 1.66 bits per heavy atom. The highest BCUT2D eigenvalue weighted by atomic mass is 16.6. The molecule has 3 aromatic carbocycles. The molecule has 3 aromatic rings. The van der Waals surface area contributed by atoms with E-state index in [1.165, 1.54) is 11.1 Å². The van der Waals surface area contributed by atoms with Crippen LogP contribution < -0.4 is 9.47 Å². The number of ether oxygens (including phenoxy) is 3. The molecule has 0 spiro atoms. The van der Waals surface area contributed by atoms with Crippen LogP contribution in [0.1, 0.15) is 29.7 Å². The Hall–Kier alpha value is -3.08. The lowest BCUT2D eigenvalue weighted by Crippen LogP contribution is -2.33. The molecule has 1 saturated heterocycles. The number of rotatable bonds is 9. The second kappa shape index (κ2) is 10.5. The Balaban J connectivity index is 1.48. The summed E-state index contributed by atoms with van der Waals surface area (Å²) in [6.45, 7) is 7.17. The van der Waals surface area contributed by atoms with E-state index in [1.54, 1.807) is 7.11 Å². The van der Waals surface area contributed by atoms with Gasteiger partial charge in [0.15, 0.2) is 11.5 Å². The number of allylic oxidation sites excluding steroid dienone is 1. The number of benzene rings is 3. The topological polar surface area (TPSA) is 30.9 Å². The van der Waals surface area contributed by atoms with Crippen molar-refractivity contribution in [2.45, 2.75) is 31.7 Å². The fourth-order valence-electron chi connectivity index (χ4n) is 4.34. The second-order valence-electron chi connectivity index (χ2n) is 8.07. The molecular formula is C28H31NO3.